The van der Waals surface area contributed by atoms with Crippen molar-refractivity contribution in [3.05, 3.63) is 0 Å². The Hall–Kier alpha value is -1.14. The summed E-state index contributed by atoms with van der Waals surface area (Å²) in [7, 11) is 0. The topological polar surface area (TPSA) is 70.1 Å². The number of carbonyl (C=O) groups excluding carboxylic acids is 2. The minimum Gasteiger partial charge on any atom is -0.394 e. The summed E-state index contributed by atoms with van der Waals surface area (Å²) >= 11 is 0. The van der Waals surface area contributed by atoms with Crippen molar-refractivity contribution in [2.45, 2.75) is 32.4 Å². The highest BCUT2D eigenvalue weighted by Gasteiger charge is 2.38. The number of carbonyl (C=O) groups is 2. The highest BCUT2D eigenvalue weighted by molar-refractivity contribution is 5.89. The van der Waals surface area contributed by atoms with Gasteiger partial charge < -0.3 is 19.6 Å². The highest BCUT2D eigenvalue weighted by Crippen LogP contribution is 2.23. The number of morpholine rings is 1. The van der Waals surface area contributed by atoms with Crippen LogP contribution in [0.5, 0.6) is 0 Å². The molecule has 0 bridgehead atoms. The van der Waals surface area contributed by atoms with Gasteiger partial charge in [-0.25, -0.2) is 0 Å². The number of aliphatic hydroxyl groups excluding tert-OH is 1. The SMILES string of the molecule is CC(C)N1CC(C(=O)N2CCOC(CO)C2)CC1=O. The third kappa shape index (κ3) is 3.06. The third-order valence-electron chi connectivity index (χ3n) is 3.79. The van der Waals surface area contributed by atoms with Gasteiger partial charge in [-0.15, -0.1) is 0 Å². The molecule has 2 heterocycles. The molecule has 2 amide bonds. The molecule has 0 saturated carbocycles. The van der Waals surface area contributed by atoms with Gasteiger partial charge in [0.1, 0.15) is 0 Å². The van der Waals surface area contributed by atoms with Gasteiger partial charge in [0.25, 0.3) is 0 Å². The van der Waals surface area contributed by atoms with E-state index >= 15 is 0 Å². The smallest absolute Gasteiger partial charge is 0.228 e. The second kappa shape index (κ2) is 5.88. The quantitative estimate of drug-likeness (QED) is 0.748. The molecule has 2 aliphatic rings. The highest BCUT2D eigenvalue weighted by atomic mass is 16.5. The van der Waals surface area contributed by atoms with Crippen molar-refractivity contribution in [3.63, 3.8) is 0 Å². The van der Waals surface area contributed by atoms with Crippen LogP contribution in [-0.4, -0.2) is 71.7 Å². The van der Waals surface area contributed by atoms with Crippen LogP contribution in [0.1, 0.15) is 20.3 Å². The first kappa shape index (κ1) is 14.3. The van der Waals surface area contributed by atoms with Gasteiger partial charge in [-0.05, 0) is 13.8 Å². The average molecular weight is 270 g/mol. The Bertz CT molecular complexity index is 359. The fourth-order valence-electron chi connectivity index (χ4n) is 2.68. The Balaban J connectivity index is 1.95. The van der Waals surface area contributed by atoms with Crippen molar-refractivity contribution in [1.82, 2.24) is 9.80 Å². The maximum atomic E-state index is 12.4. The Kier molecular flexibility index (Phi) is 4.42. The monoisotopic (exact) mass is 270 g/mol. The number of hydrogen-bond acceptors (Lipinski definition) is 4. The van der Waals surface area contributed by atoms with Crippen molar-refractivity contribution in [2.75, 3.05) is 32.8 Å². The molecule has 2 aliphatic heterocycles. The van der Waals surface area contributed by atoms with E-state index in [-0.39, 0.29) is 36.5 Å². The van der Waals surface area contributed by atoms with Crippen molar-refractivity contribution in [3.8, 4) is 0 Å². The van der Waals surface area contributed by atoms with E-state index in [9.17, 15) is 9.59 Å². The zero-order valence-electron chi connectivity index (χ0n) is 11.5. The van der Waals surface area contributed by atoms with E-state index in [1.54, 1.807) is 9.80 Å². The maximum Gasteiger partial charge on any atom is 0.228 e. The molecule has 2 saturated heterocycles. The first-order chi connectivity index (χ1) is 9.02. The van der Waals surface area contributed by atoms with Crippen LogP contribution in [0.4, 0.5) is 0 Å². The Morgan fingerprint density at radius 2 is 2.21 bits per heavy atom. The third-order valence-corrected chi connectivity index (χ3v) is 3.79. The largest absolute Gasteiger partial charge is 0.394 e. The zero-order valence-corrected chi connectivity index (χ0v) is 11.5. The summed E-state index contributed by atoms with van der Waals surface area (Å²) in [6.07, 6.45) is 0.00837. The van der Waals surface area contributed by atoms with E-state index in [0.29, 0.717) is 32.7 Å². The molecule has 108 valence electrons. The number of rotatable bonds is 3. The molecule has 0 spiro atoms. The molecule has 0 aliphatic carbocycles. The lowest BCUT2D eigenvalue weighted by molar-refractivity contribution is -0.144. The lowest BCUT2D eigenvalue weighted by Crippen LogP contribution is -2.49. The predicted molar refractivity (Wildman–Crippen MR) is 68.4 cm³/mol. The van der Waals surface area contributed by atoms with Crippen molar-refractivity contribution in [2.24, 2.45) is 5.92 Å². The minimum absolute atomic E-state index is 0.0123. The summed E-state index contributed by atoms with van der Waals surface area (Å²) in [5.41, 5.74) is 0. The van der Waals surface area contributed by atoms with Gasteiger partial charge >= 0.3 is 0 Å². The molecule has 0 aromatic carbocycles. The van der Waals surface area contributed by atoms with E-state index in [4.69, 9.17) is 9.84 Å². The summed E-state index contributed by atoms with van der Waals surface area (Å²) in [4.78, 5) is 27.7. The van der Waals surface area contributed by atoms with E-state index in [2.05, 4.69) is 0 Å². The van der Waals surface area contributed by atoms with Gasteiger partial charge in [0.2, 0.25) is 11.8 Å². The fourth-order valence-corrected chi connectivity index (χ4v) is 2.68. The number of aliphatic hydroxyl groups is 1. The number of likely N-dealkylation sites (tertiary alicyclic amines) is 1. The molecular weight excluding hydrogens is 248 g/mol. The minimum atomic E-state index is -0.295. The molecule has 0 aromatic rings. The first-order valence-electron chi connectivity index (χ1n) is 6.83. The molecule has 0 aromatic heterocycles. The normalized spacial score (nSPS) is 28.3. The van der Waals surface area contributed by atoms with Gasteiger partial charge in [-0.1, -0.05) is 0 Å². The van der Waals surface area contributed by atoms with Crippen LogP contribution in [0.15, 0.2) is 0 Å². The fraction of sp³-hybridized carbons (Fsp3) is 0.846. The van der Waals surface area contributed by atoms with E-state index < -0.39 is 0 Å². The van der Waals surface area contributed by atoms with Gasteiger partial charge in [0, 0.05) is 32.1 Å². The Morgan fingerprint density at radius 3 is 2.79 bits per heavy atom. The summed E-state index contributed by atoms with van der Waals surface area (Å²) in [5.74, 6) is -0.175. The maximum absolute atomic E-state index is 12.4. The van der Waals surface area contributed by atoms with Crippen molar-refractivity contribution >= 4 is 11.8 Å². The Morgan fingerprint density at radius 1 is 1.47 bits per heavy atom. The first-order valence-corrected chi connectivity index (χ1v) is 6.83. The van der Waals surface area contributed by atoms with E-state index in [1.807, 2.05) is 13.8 Å². The molecule has 2 atom stereocenters. The molecule has 6 heteroatoms. The van der Waals surface area contributed by atoms with Crippen LogP contribution in [0, 0.1) is 5.92 Å². The second-order valence-electron chi connectivity index (χ2n) is 5.50. The number of nitrogens with zero attached hydrogens (tertiary/aromatic N) is 2. The molecule has 2 fully saturated rings. The summed E-state index contributed by atoms with van der Waals surface area (Å²) < 4.78 is 5.33. The summed E-state index contributed by atoms with van der Waals surface area (Å²) in [6, 6.07) is 0.139. The molecule has 0 radical (unpaired) electrons. The summed E-state index contributed by atoms with van der Waals surface area (Å²) in [6.45, 7) is 5.76. The molecule has 2 rings (SSSR count). The van der Waals surface area contributed by atoms with Gasteiger partial charge in [-0.3, -0.25) is 9.59 Å². The van der Waals surface area contributed by atoms with Crippen molar-refractivity contribution < 1.29 is 19.4 Å². The van der Waals surface area contributed by atoms with E-state index in [1.165, 1.54) is 0 Å². The molecular formula is C13H22N2O4. The Labute approximate surface area is 113 Å². The van der Waals surface area contributed by atoms with Crippen LogP contribution in [0.3, 0.4) is 0 Å². The predicted octanol–water partition coefficient (Wildman–Crippen LogP) is -0.537. The van der Waals surface area contributed by atoms with Crippen LogP contribution in [0.2, 0.25) is 0 Å². The number of hydrogen-bond donors (Lipinski definition) is 1. The average Bonchev–Trinajstić information content (AvgIpc) is 2.80. The lowest BCUT2D eigenvalue weighted by atomic mass is 10.1. The van der Waals surface area contributed by atoms with Gasteiger partial charge in [0.05, 0.1) is 25.2 Å². The summed E-state index contributed by atoms with van der Waals surface area (Å²) in [5, 5.41) is 9.09. The molecule has 6 nitrogen and oxygen atoms in total. The lowest BCUT2D eigenvalue weighted by Gasteiger charge is -2.33. The van der Waals surface area contributed by atoms with Gasteiger partial charge in [-0.2, -0.15) is 0 Å². The zero-order chi connectivity index (χ0) is 14.0. The van der Waals surface area contributed by atoms with Crippen LogP contribution < -0.4 is 0 Å². The second-order valence-corrected chi connectivity index (χ2v) is 5.50. The molecule has 2 unspecified atom stereocenters. The number of amides is 2. The standard InChI is InChI=1S/C13H22N2O4/c1-9(2)15-6-10(5-12(15)17)13(18)14-3-4-19-11(7-14)8-16/h9-11,16H,3-8H2,1-2H3. The van der Waals surface area contributed by atoms with Crippen LogP contribution in [-0.2, 0) is 14.3 Å². The number of ether oxygens (including phenoxy) is 1. The van der Waals surface area contributed by atoms with Crippen molar-refractivity contribution in [1.29, 1.82) is 0 Å². The van der Waals surface area contributed by atoms with Gasteiger partial charge in [0.15, 0.2) is 0 Å². The molecule has 19 heavy (non-hydrogen) atoms. The van der Waals surface area contributed by atoms with Crippen LogP contribution >= 0.6 is 0 Å². The molecule has 1 N–H and O–H groups in total. The van der Waals surface area contributed by atoms with Crippen LogP contribution in [0.25, 0.3) is 0 Å². The van der Waals surface area contributed by atoms with E-state index in [0.717, 1.165) is 0 Å².